The number of hydrogen-bond acceptors (Lipinski definition) is 5. The summed E-state index contributed by atoms with van der Waals surface area (Å²) >= 11 is 4.64. The zero-order valence-electron chi connectivity index (χ0n) is 10.5. The normalized spacial score (nSPS) is 11.9. The quantitative estimate of drug-likeness (QED) is 0.498. The highest BCUT2D eigenvalue weighted by Gasteiger charge is 2.20. The van der Waals surface area contributed by atoms with Gasteiger partial charge in [-0.25, -0.2) is 0 Å². The molecule has 0 aliphatic carbocycles. The first-order chi connectivity index (χ1) is 9.49. The van der Waals surface area contributed by atoms with Gasteiger partial charge in [0.1, 0.15) is 5.69 Å². The molecule has 7 heteroatoms. The molecule has 0 saturated carbocycles. The fourth-order valence-electron chi connectivity index (χ4n) is 1.71. The van der Waals surface area contributed by atoms with E-state index in [1.54, 1.807) is 37.3 Å². The summed E-state index contributed by atoms with van der Waals surface area (Å²) < 4.78 is 0.874. The van der Waals surface area contributed by atoms with E-state index in [9.17, 15) is 14.9 Å². The predicted molar refractivity (Wildman–Crippen MR) is 82.5 cm³/mol. The number of nitro groups is 1. The van der Waals surface area contributed by atoms with Crippen molar-refractivity contribution in [3.8, 4) is 0 Å². The third-order valence-corrected chi connectivity index (χ3v) is 4.32. The van der Waals surface area contributed by atoms with Crippen molar-refractivity contribution in [3.05, 3.63) is 55.2 Å². The molecule has 0 spiro atoms. The number of nitrogens with one attached hydrogen (secondary N) is 1. The van der Waals surface area contributed by atoms with Gasteiger partial charge in [0.2, 0.25) is 0 Å². The van der Waals surface area contributed by atoms with Gasteiger partial charge in [-0.3, -0.25) is 14.9 Å². The number of rotatable bonds is 5. The number of ketones is 1. The number of hydrogen-bond donors (Lipinski definition) is 1. The maximum absolute atomic E-state index is 12.2. The van der Waals surface area contributed by atoms with Crippen molar-refractivity contribution in [1.29, 1.82) is 0 Å². The molecule has 1 N–H and O–H groups in total. The second-order valence-electron chi connectivity index (χ2n) is 4.11. The van der Waals surface area contributed by atoms with Crippen molar-refractivity contribution in [1.82, 2.24) is 0 Å². The number of nitrogens with zero attached hydrogens (tertiary/aromatic N) is 1. The largest absolute Gasteiger partial charge is 0.370 e. The van der Waals surface area contributed by atoms with Crippen molar-refractivity contribution in [3.63, 3.8) is 0 Å². The summed E-state index contributed by atoms with van der Waals surface area (Å²) in [6, 6.07) is 9.26. The van der Waals surface area contributed by atoms with Crippen molar-refractivity contribution in [2.24, 2.45) is 0 Å². The van der Waals surface area contributed by atoms with Gasteiger partial charge in [0.05, 0.1) is 19.6 Å². The second-order valence-corrected chi connectivity index (χ2v) is 6.57. The lowest BCUT2D eigenvalue weighted by molar-refractivity contribution is -0.384. The third kappa shape index (κ3) is 3.23. The molecule has 0 aliphatic heterocycles. The number of nitro benzene ring substituents is 1. The van der Waals surface area contributed by atoms with Crippen LogP contribution in [-0.4, -0.2) is 16.7 Å². The third-order valence-electron chi connectivity index (χ3n) is 2.68. The fraction of sp³-hybridized carbons (Fsp3) is 0.154. The molecule has 0 aliphatic rings. The molecule has 2 aromatic rings. The van der Waals surface area contributed by atoms with Gasteiger partial charge in [-0.1, -0.05) is 12.1 Å². The van der Waals surface area contributed by atoms with Gasteiger partial charge >= 0.3 is 0 Å². The minimum Gasteiger partial charge on any atom is -0.370 e. The number of carbonyl (C=O) groups is 1. The van der Waals surface area contributed by atoms with E-state index in [2.05, 4.69) is 21.2 Å². The maximum atomic E-state index is 12.2. The lowest BCUT2D eigenvalue weighted by Gasteiger charge is -2.13. The number of benzene rings is 1. The average Bonchev–Trinajstić information content (AvgIpc) is 2.84. The van der Waals surface area contributed by atoms with Gasteiger partial charge in [0.25, 0.3) is 5.69 Å². The Labute approximate surface area is 127 Å². The first kappa shape index (κ1) is 14.7. The number of Topliss-reactive ketones (excluding diaryl/α,β-unsaturated/α-hetero) is 1. The van der Waals surface area contributed by atoms with E-state index in [1.165, 1.54) is 17.4 Å². The molecule has 1 aromatic carbocycles. The van der Waals surface area contributed by atoms with E-state index in [-0.39, 0.29) is 11.5 Å². The van der Waals surface area contributed by atoms with E-state index >= 15 is 0 Å². The first-order valence-corrected chi connectivity index (χ1v) is 7.39. The Bertz CT molecular complexity index is 657. The SMILES string of the molecule is CC(Nc1ccccc1[N+](=O)[O-])C(=O)c1ccc(Br)s1. The topological polar surface area (TPSA) is 72.2 Å². The summed E-state index contributed by atoms with van der Waals surface area (Å²) in [5.74, 6) is -0.0983. The van der Waals surface area contributed by atoms with Crippen LogP contribution in [0.4, 0.5) is 11.4 Å². The molecular weight excluding hydrogens is 344 g/mol. The Morgan fingerprint density at radius 1 is 1.35 bits per heavy atom. The molecule has 20 heavy (non-hydrogen) atoms. The first-order valence-electron chi connectivity index (χ1n) is 5.78. The van der Waals surface area contributed by atoms with E-state index < -0.39 is 11.0 Å². The monoisotopic (exact) mass is 354 g/mol. The molecule has 104 valence electrons. The highest BCUT2D eigenvalue weighted by Crippen LogP contribution is 2.26. The number of thiophene rings is 1. The van der Waals surface area contributed by atoms with Crippen molar-refractivity contribution in [2.75, 3.05) is 5.32 Å². The molecule has 0 bridgehead atoms. The van der Waals surface area contributed by atoms with E-state index in [4.69, 9.17) is 0 Å². The Kier molecular flexibility index (Phi) is 4.51. The molecule has 1 unspecified atom stereocenters. The van der Waals surface area contributed by atoms with Crippen LogP contribution < -0.4 is 5.32 Å². The van der Waals surface area contributed by atoms with Crippen LogP contribution in [0, 0.1) is 10.1 Å². The highest BCUT2D eigenvalue weighted by atomic mass is 79.9. The molecule has 2 rings (SSSR count). The van der Waals surface area contributed by atoms with E-state index in [0.717, 1.165) is 3.79 Å². The smallest absolute Gasteiger partial charge is 0.292 e. The molecule has 0 amide bonds. The van der Waals surface area contributed by atoms with Gasteiger partial charge in [-0.05, 0) is 41.1 Å². The van der Waals surface area contributed by atoms with Gasteiger partial charge in [0.15, 0.2) is 5.78 Å². The summed E-state index contributed by atoms with van der Waals surface area (Å²) in [7, 11) is 0. The standard InChI is InChI=1S/C13H11BrN2O3S/c1-8(13(17)11-6-7-12(14)20-11)15-9-4-2-3-5-10(9)16(18)19/h2-8,15H,1H3. The fourth-order valence-corrected chi connectivity index (χ4v) is 3.13. The summed E-state index contributed by atoms with van der Waals surface area (Å²) in [4.78, 5) is 23.3. The Morgan fingerprint density at radius 3 is 2.65 bits per heavy atom. The number of anilines is 1. The Hall–Kier alpha value is -1.73. The minimum absolute atomic E-state index is 0.0421. The van der Waals surface area contributed by atoms with Crippen LogP contribution in [0.25, 0.3) is 0 Å². The Balaban J connectivity index is 2.18. The summed E-state index contributed by atoms with van der Waals surface area (Å²) in [5.41, 5.74) is 0.300. The van der Waals surface area contributed by atoms with Crippen LogP contribution in [0.5, 0.6) is 0 Å². The van der Waals surface area contributed by atoms with Crippen molar-refractivity contribution >= 4 is 44.4 Å². The van der Waals surface area contributed by atoms with Crippen LogP contribution in [-0.2, 0) is 0 Å². The molecular formula is C13H11BrN2O3S. The lowest BCUT2D eigenvalue weighted by atomic mass is 10.1. The van der Waals surface area contributed by atoms with E-state index in [1.807, 2.05) is 0 Å². The predicted octanol–water partition coefficient (Wildman–Crippen LogP) is 4.10. The number of para-hydroxylation sites is 2. The Morgan fingerprint density at radius 2 is 2.05 bits per heavy atom. The molecule has 0 saturated heterocycles. The lowest BCUT2D eigenvalue weighted by Crippen LogP contribution is -2.25. The summed E-state index contributed by atoms with van der Waals surface area (Å²) in [6.45, 7) is 1.69. The molecule has 0 radical (unpaired) electrons. The average molecular weight is 355 g/mol. The van der Waals surface area contributed by atoms with Crippen molar-refractivity contribution in [2.45, 2.75) is 13.0 Å². The van der Waals surface area contributed by atoms with Crippen molar-refractivity contribution < 1.29 is 9.72 Å². The van der Waals surface area contributed by atoms with Crippen LogP contribution in [0.1, 0.15) is 16.6 Å². The summed E-state index contributed by atoms with van der Waals surface area (Å²) in [6.07, 6.45) is 0. The zero-order valence-corrected chi connectivity index (χ0v) is 12.9. The van der Waals surface area contributed by atoms with Gasteiger partial charge in [0, 0.05) is 6.07 Å². The molecule has 1 heterocycles. The van der Waals surface area contributed by atoms with E-state index in [0.29, 0.717) is 10.6 Å². The second kappa shape index (κ2) is 6.15. The molecule has 0 fully saturated rings. The zero-order chi connectivity index (χ0) is 14.7. The van der Waals surface area contributed by atoms with Gasteiger partial charge < -0.3 is 5.32 Å². The number of halogens is 1. The summed E-state index contributed by atoms with van der Waals surface area (Å²) in [5, 5.41) is 13.8. The molecule has 1 atom stereocenters. The van der Waals surface area contributed by atoms with Gasteiger partial charge in [-0.15, -0.1) is 11.3 Å². The molecule has 1 aromatic heterocycles. The van der Waals surface area contributed by atoms with Crippen LogP contribution in [0.2, 0.25) is 0 Å². The van der Waals surface area contributed by atoms with Crippen LogP contribution in [0.15, 0.2) is 40.2 Å². The highest BCUT2D eigenvalue weighted by molar-refractivity contribution is 9.11. The maximum Gasteiger partial charge on any atom is 0.292 e. The minimum atomic E-state index is -0.540. The van der Waals surface area contributed by atoms with Crippen LogP contribution >= 0.6 is 27.3 Å². The number of carbonyl (C=O) groups excluding carboxylic acids is 1. The van der Waals surface area contributed by atoms with Crippen LogP contribution in [0.3, 0.4) is 0 Å². The van der Waals surface area contributed by atoms with Gasteiger partial charge in [-0.2, -0.15) is 0 Å². The molecule has 5 nitrogen and oxygen atoms in total.